The van der Waals surface area contributed by atoms with E-state index >= 15 is 0 Å². The maximum Gasteiger partial charge on any atom is 0.243 e. The summed E-state index contributed by atoms with van der Waals surface area (Å²) < 4.78 is 0. The van der Waals surface area contributed by atoms with Crippen molar-refractivity contribution in [3.63, 3.8) is 0 Å². The topological polar surface area (TPSA) is 97.1 Å². The summed E-state index contributed by atoms with van der Waals surface area (Å²) in [6.07, 6.45) is 1.34. The molecule has 0 saturated heterocycles. The van der Waals surface area contributed by atoms with Crippen molar-refractivity contribution in [3.05, 3.63) is 51.5 Å². The second kappa shape index (κ2) is 11.1. The van der Waals surface area contributed by atoms with Crippen LogP contribution < -0.4 is 16.4 Å². The first-order valence-electron chi connectivity index (χ1n) is 10.1. The quantitative estimate of drug-likeness (QED) is 0.555. The molecule has 0 aliphatic carbocycles. The number of nitrogens with one attached hydrogen (secondary N) is 2. The third-order valence-electron chi connectivity index (χ3n) is 4.71. The predicted molar refractivity (Wildman–Crippen MR) is 118 cm³/mol. The minimum Gasteiger partial charge on any atom is -0.350 e. The molecule has 1 aromatic carbocycles. The summed E-state index contributed by atoms with van der Waals surface area (Å²) in [6, 6.07) is 9.04. The van der Waals surface area contributed by atoms with Gasteiger partial charge in [0.2, 0.25) is 11.8 Å². The van der Waals surface area contributed by atoms with Gasteiger partial charge in [0, 0.05) is 30.3 Å². The second-order valence-corrected chi connectivity index (χ2v) is 8.64. The molecule has 1 aromatic heterocycles. The van der Waals surface area contributed by atoms with E-state index in [-0.39, 0.29) is 17.9 Å². The lowest BCUT2D eigenvalue weighted by Crippen LogP contribution is -2.52. The number of amides is 2. The standard InChI is InChI=1S/C22H32N4O2S/c1-5-19(27)26-18(12-20-24-15(4)21(29-20)14(2)3)22(28)25-17(13-23)11-16-9-7-6-8-10-16/h6-10,14,17-18H,5,11-13,23H2,1-4H3,(H,25,28)(H,26,27)/t17-,18-/m0/s1. The molecule has 2 amide bonds. The number of nitrogens with zero attached hydrogens (tertiary/aromatic N) is 1. The fourth-order valence-corrected chi connectivity index (χ4v) is 4.28. The van der Waals surface area contributed by atoms with Gasteiger partial charge in [-0.15, -0.1) is 11.3 Å². The third kappa shape index (κ3) is 6.94. The van der Waals surface area contributed by atoms with Crippen molar-refractivity contribution in [3.8, 4) is 0 Å². The van der Waals surface area contributed by atoms with E-state index in [0.717, 1.165) is 16.3 Å². The van der Waals surface area contributed by atoms with Crippen molar-refractivity contribution >= 4 is 23.2 Å². The molecule has 1 heterocycles. The van der Waals surface area contributed by atoms with Gasteiger partial charge >= 0.3 is 0 Å². The number of carbonyl (C=O) groups excluding carboxylic acids is 2. The molecule has 0 fully saturated rings. The van der Waals surface area contributed by atoms with E-state index in [2.05, 4.69) is 29.5 Å². The molecule has 0 bridgehead atoms. The Hall–Kier alpha value is -2.25. The van der Waals surface area contributed by atoms with E-state index < -0.39 is 6.04 Å². The minimum absolute atomic E-state index is 0.158. The smallest absolute Gasteiger partial charge is 0.243 e. The molecule has 158 valence electrons. The van der Waals surface area contributed by atoms with Crippen LogP contribution in [-0.4, -0.2) is 35.4 Å². The Morgan fingerprint density at radius 3 is 2.38 bits per heavy atom. The molecule has 2 aromatic rings. The highest BCUT2D eigenvalue weighted by atomic mass is 32.1. The van der Waals surface area contributed by atoms with Crippen LogP contribution in [0.3, 0.4) is 0 Å². The monoisotopic (exact) mass is 416 g/mol. The largest absolute Gasteiger partial charge is 0.350 e. The number of hydrogen-bond acceptors (Lipinski definition) is 5. The van der Waals surface area contributed by atoms with Gasteiger partial charge in [-0.05, 0) is 24.8 Å². The van der Waals surface area contributed by atoms with E-state index in [1.807, 2.05) is 37.3 Å². The number of benzene rings is 1. The zero-order chi connectivity index (χ0) is 21.4. The minimum atomic E-state index is -0.669. The van der Waals surface area contributed by atoms with Gasteiger partial charge in [-0.3, -0.25) is 9.59 Å². The lowest BCUT2D eigenvalue weighted by molar-refractivity contribution is -0.129. The Labute approximate surface area is 177 Å². The number of thiazole rings is 1. The van der Waals surface area contributed by atoms with Crippen molar-refractivity contribution in [2.45, 2.75) is 65.0 Å². The Morgan fingerprint density at radius 1 is 1.14 bits per heavy atom. The van der Waals surface area contributed by atoms with Gasteiger partial charge in [0.25, 0.3) is 0 Å². The molecule has 6 nitrogen and oxygen atoms in total. The van der Waals surface area contributed by atoms with Crippen LogP contribution in [0.4, 0.5) is 0 Å². The number of aromatic nitrogens is 1. The summed E-state index contributed by atoms with van der Waals surface area (Å²) in [5.41, 5.74) is 7.99. The van der Waals surface area contributed by atoms with Gasteiger partial charge in [0.05, 0.1) is 10.7 Å². The average molecular weight is 417 g/mol. The maximum atomic E-state index is 13.0. The molecule has 7 heteroatoms. The van der Waals surface area contributed by atoms with E-state index in [1.165, 1.54) is 4.88 Å². The predicted octanol–water partition coefficient (Wildman–Crippen LogP) is 2.70. The second-order valence-electron chi connectivity index (χ2n) is 7.52. The van der Waals surface area contributed by atoms with Crippen LogP contribution in [0.15, 0.2) is 30.3 Å². The summed E-state index contributed by atoms with van der Waals surface area (Å²) in [5.74, 6) is -0.00162. The summed E-state index contributed by atoms with van der Waals surface area (Å²) in [6.45, 7) is 8.33. The molecule has 0 radical (unpaired) electrons. The number of carbonyl (C=O) groups is 2. The van der Waals surface area contributed by atoms with E-state index in [1.54, 1.807) is 18.3 Å². The average Bonchev–Trinajstić information content (AvgIpc) is 3.07. The van der Waals surface area contributed by atoms with Crippen LogP contribution in [0, 0.1) is 6.92 Å². The van der Waals surface area contributed by atoms with Crippen molar-refractivity contribution in [1.82, 2.24) is 15.6 Å². The maximum absolute atomic E-state index is 13.0. The number of nitrogens with two attached hydrogens (primary N) is 1. The van der Waals surface area contributed by atoms with E-state index in [9.17, 15) is 9.59 Å². The van der Waals surface area contributed by atoms with E-state index in [4.69, 9.17) is 5.73 Å². The first-order valence-corrected chi connectivity index (χ1v) is 11.0. The van der Waals surface area contributed by atoms with Gasteiger partial charge in [-0.25, -0.2) is 4.98 Å². The van der Waals surface area contributed by atoms with Crippen LogP contribution in [0.1, 0.15) is 54.3 Å². The molecule has 0 saturated carbocycles. The van der Waals surface area contributed by atoms with E-state index in [0.29, 0.717) is 31.7 Å². The lowest BCUT2D eigenvalue weighted by Gasteiger charge is -2.22. The molecular weight excluding hydrogens is 384 g/mol. The lowest BCUT2D eigenvalue weighted by atomic mass is 10.1. The molecule has 2 rings (SSSR count). The summed E-state index contributed by atoms with van der Waals surface area (Å²) in [5, 5.41) is 6.71. The van der Waals surface area contributed by atoms with Crippen LogP contribution in [-0.2, 0) is 22.4 Å². The van der Waals surface area contributed by atoms with Gasteiger partial charge in [0.15, 0.2) is 0 Å². The molecular formula is C22H32N4O2S. The van der Waals surface area contributed by atoms with Gasteiger partial charge in [0.1, 0.15) is 6.04 Å². The zero-order valence-electron chi connectivity index (χ0n) is 17.7. The normalized spacial score (nSPS) is 13.2. The van der Waals surface area contributed by atoms with Crippen molar-refractivity contribution in [2.24, 2.45) is 5.73 Å². The SMILES string of the molecule is CCC(=O)N[C@@H](Cc1nc(C)c(C(C)C)s1)C(=O)N[C@H](CN)Cc1ccccc1. The number of rotatable bonds is 10. The molecule has 29 heavy (non-hydrogen) atoms. The van der Waals surface area contributed by atoms with Crippen molar-refractivity contribution < 1.29 is 9.59 Å². The zero-order valence-corrected chi connectivity index (χ0v) is 18.5. The fraction of sp³-hybridized carbons (Fsp3) is 0.500. The molecule has 0 unspecified atom stereocenters. The summed E-state index contributed by atoms with van der Waals surface area (Å²) >= 11 is 1.61. The third-order valence-corrected chi connectivity index (χ3v) is 6.19. The number of hydrogen-bond donors (Lipinski definition) is 3. The number of aryl methyl sites for hydroxylation is 1. The molecule has 0 spiro atoms. The Kier molecular flexibility index (Phi) is 8.79. The first kappa shape index (κ1) is 23.0. The van der Waals surface area contributed by atoms with Crippen LogP contribution in [0.2, 0.25) is 0 Å². The molecule has 0 aliphatic rings. The Balaban J connectivity index is 2.11. The highest BCUT2D eigenvalue weighted by molar-refractivity contribution is 7.11. The fourth-order valence-electron chi connectivity index (χ4n) is 3.16. The van der Waals surface area contributed by atoms with Crippen LogP contribution in [0.5, 0.6) is 0 Å². The molecule has 2 atom stereocenters. The first-order chi connectivity index (χ1) is 13.8. The summed E-state index contributed by atoms with van der Waals surface area (Å²) in [4.78, 5) is 30.8. The molecule has 4 N–H and O–H groups in total. The molecule has 0 aliphatic heterocycles. The van der Waals surface area contributed by atoms with Gasteiger partial charge < -0.3 is 16.4 Å². The van der Waals surface area contributed by atoms with Gasteiger partial charge in [-0.2, -0.15) is 0 Å². The summed E-state index contributed by atoms with van der Waals surface area (Å²) in [7, 11) is 0. The highest BCUT2D eigenvalue weighted by Gasteiger charge is 2.25. The highest BCUT2D eigenvalue weighted by Crippen LogP contribution is 2.26. The van der Waals surface area contributed by atoms with Crippen molar-refractivity contribution in [1.29, 1.82) is 0 Å². The Bertz CT molecular complexity index is 804. The van der Waals surface area contributed by atoms with Crippen LogP contribution in [0.25, 0.3) is 0 Å². The van der Waals surface area contributed by atoms with Crippen LogP contribution >= 0.6 is 11.3 Å². The Morgan fingerprint density at radius 2 is 1.83 bits per heavy atom. The van der Waals surface area contributed by atoms with Gasteiger partial charge in [-0.1, -0.05) is 51.1 Å². The van der Waals surface area contributed by atoms with Crippen molar-refractivity contribution in [2.75, 3.05) is 6.54 Å².